The molecule has 0 aliphatic heterocycles. The molecule has 1 amide bonds. The van der Waals surface area contributed by atoms with Gasteiger partial charge < -0.3 is 14.8 Å². The average Bonchev–Trinajstić information content (AvgIpc) is 2.66. The average molecular weight is 394 g/mol. The molecule has 2 rings (SSSR count). The summed E-state index contributed by atoms with van der Waals surface area (Å²) in [5, 5.41) is 13.0. The number of nitro groups is 1. The molecule has 27 heavy (non-hydrogen) atoms. The topological polar surface area (TPSA) is 108 Å². The number of amides is 1. The number of nitrogens with zero attached hydrogens (tertiary/aromatic N) is 1. The largest absolute Gasteiger partial charge is 0.496 e. The van der Waals surface area contributed by atoms with Crippen LogP contribution >= 0.6 is 11.8 Å². The lowest BCUT2D eigenvalue weighted by Crippen LogP contribution is -2.21. The van der Waals surface area contributed by atoms with Gasteiger partial charge in [-0.15, -0.1) is 11.8 Å². The Labute approximate surface area is 157 Å². The molecule has 2 aromatic carbocycles. The molecule has 0 fully saturated rings. The molecule has 0 aliphatic carbocycles. The number of benzene rings is 2. The first-order chi connectivity index (χ1) is 12.8. The van der Waals surface area contributed by atoms with E-state index in [4.69, 9.17) is 9.47 Å². The van der Waals surface area contributed by atoms with Crippen molar-refractivity contribution in [1.29, 1.82) is 0 Å². The summed E-state index contributed by atoms with van der Waals surface area (Å²) >= 11 is 1.47. The second kappa shape index (κ2) is 8.99. The Kier molecular flexibility index (Phi) is 6.72. The van der Waals surface area contributed by atoms with Crippen LogP contribution in [0.25, 0.3) is 0 Å². The highest BCUT2D eigenvalue weighted by Crippen LogP contribution is 2.26. The number of nitrogens with one attached hydrogen (secondary N) is 1. The summed E-state index contributed by atoms with van der Waals surface area (Å²) in [4.78, 5) is 34.7. The highest BCUT2D eigenvalue weighted by Gasteiger charge is 2.18. The summed E-state index contributed by atoms with van der Waals surface area (Å²) in [7, 11) is 1.41. The summed E-state index contributed by atoms with van der Waals surface area (Å²) in [6, 6.07) is 7.79. The van der Waals surface area contributed by atoms with Gasteiger partial charge in [0.25, 0.3) is 5.91 Å². The normalized spacial score (nSPS) is 10.2. The summed E-state index contributed by atoms with van der Waals surface area (Å²) < 4.78 is 23.4. The number of carbonyl (C=O) groups excluding carboxylic acids is 2. The quantitative estimate of drug-likeness (QED) is 0.332. The van der Waals surface area contributed by atoms with Crippen LogP contribution in [0.2, 0.25) is 0 Å². The Morgan fingerprint density at radius 3 is 2.63 bits per heavy atom. The van der Waals surface area contributed by atoms with Crippen LogP contribution in [-0.4, -0.2) is 36.8 Å². The van der Waals surface area contributed by atoms with E-state index in [1.807, 2.05) is 6.26 Å². The predicted octanol–water partition coefficient (Wildman–Crippen LogP) is 3.26. The van der Waals surface area contributed by atoms with Crippen LogP contribution in [0, 0.1) is 15.9 Å². The molecule has 0 heterocycles. The zero-order chi connectivity index (χ0) is 20.0. The third-order valence-electron chi connectivity index (χ3n) is 3.39. The molecule has 0 aliphatic rings. The van der Waals surface area contributed by atoms with Crippen LogP contribution in [0.3, 0.4) is 0 Å². The van der Waals surface area contributed by atoms with Crippen molar-refractivity contribution in [3.05, 3.63) is 57.9 Å². The van der Waals surface area contributed by atoms with Crippen molar-refractivity contribution in [2.75, 3.05) is 25.3 Å². The fourth-order valence-corrected chi connectivity index (χ4v) is 2.53. The molecule has 10 heteroatoms. The molecule has 1 N–H and O–H groups in total. The van der Waals surface area contributed by atoms with Gasteiger partial charge in [-0.25, -0.2) is 4.79 Å². The van der Waals surface area contributed by atoms with Gasteiger partial charge in [-0.2, -0.15) is 4.39 Å². The van der Waals surface area contributed by atoms with Crippen molar-refractivity contribution in [2.24, 2.45) is 0 Å². The van der Waals surface area contributed by atoms with Crippen molar-refractivity contribution in [2.45, 2.75) is 4.90 Å². The molecule has 142 valence electrons. The lowest BCUT2D eigenvalue weighted by Gasteiger charge is -2.10. The van der Waals surface area contributed by atoms with E-state index in [0.29, 0.717) is 5.75 Å². The maximum absolute atomic E-state index is 13.3. The van der Waals surface area contributed by atoms with Gasteiger partial charge >= 0.3 is 11.7 Å². The van der Waals surface area contributed by atoms with Crippen LogP contribution in [0.1, 0.15) is 10.4 Å². The minimum absolute atomic E-state index is 0.00560. The number of hydrogen-bond donors (Lipinski definition) is 1. The summed E-state index contributed by atoms with van der Waals surface area (Å²) in [5.74, 6) is -2.21. The van der Waals surface area contributed by atoms with E-state index < -0.39 is 34.9 Å². The highest BCUT2D eigenvalue weighted by molar-refractivity contribution is 7.98. The number of nitro benzene ring substituents is 1. The number of methoxy groups -OCH3 is 1. The SMILES string of the molecule is COc1cc(SC)ccc1C(=O)OCC(=O)Nc1ccc(F)c([N+](=O)[O-])c1. The molecule has 2 aromatic rings. The second-order valence-corrected chi connectivity index (χ2v) is 5.99. The van der Waals surface area contributed by atoms with Crippen molar-refractivity contribution in [3.63, 3.8) is 0 Å². The Bertz CT molecular complexity index is 890. The summed E-state index contributed by atoms with van der Waals surface area (Å²) in [5.41, 5.74) is -0.616. The maximum atomic E-state index is 13.3. The first kappa shape index (κ1) is 20.2. The number of esters is 1. The molecule has 0 atom stereocenters. The third-order valence-corrected chi connectivity index (χ3v) is 4.11. The molecule has 8 nitrogen and oxygen atoms in total. The molecular formula is C17H15FN2O6S. The fraction of sp³-hybridized carbons (Fsp3) is 0.176. The number of halogens is 1. The van der Waals surface area contributed by atoms with E-state index in [1.54, 1.807) is 12.1 Å². The number of hydrogen-bond acceptors (Lipinski definition) is 7. The van der Waals surface area contributed by atoms with E-state index in [-0.39, 0.29) is 11.3 Å². The molecule has 0 radical (unpaired) electrons. The van der Waals surface area contributed by atoms with Gasteiger partial charge in [0.15, 0.2) is 6.61 Å². The molecule has 0 saturated heterocycles. The van der Waals surface area contributed by atoms with Gasteiger partial charge in [0.1, 0.15) is 11.3 Å². The standard InChI is InChI=1S/C17H15FN2O6S/c1-25-15-8-11(27-2)4-5-12(15)17(22)26-9-16(21)19-10-3-6-13(18)14(7-10)20(23)24/h3-8H,9H2,1-2H3,(H,19,21). The Morgan fingerprint density at radius 2 is 2.00 bits per heavy atom. The predicted molar refractivity (Wildman–Crippen MR) is 96.7 cm³/mol. The Balaban J connectivity index is 2.00. The lowest BCUT2D eigenvalue weighted by molar-refractivity contribution is -0.387. The van der Waals surface area contributed by atoms with E-state index in [2.05, 4.69) is 5.32 Å². The lowest BCUT2D eigenvalue weighted by atomic mass is 10.2. The maximum Gasteiger partial charge on any atom is 0.342 e. The summed E-state index contributed by atoms with van der Waals surface area (Å²) in [6.45, 7) is -0.628. The smallest absolute Gasteiger partial charge is 0.342 e. The van der Waals surface area contributed by atoms with E-state index in [1.165, 1.54) is 24.9 Å². The van der Waals surface area contributed by atoms with Crippen LogP contribution in [-0.2, 0) is 9.53 Å². The number of thioether (sulfide) groups is 1. The molecule has 0 bridgehead atoms. The Morgan fingerprint density at radius 1 is 1.26 bits per heavy atom. The second-order valence-electron chi connectivity index (χ2n) is 5.11. The molecule has 0 aromatic heterocycles. The number of ether oxygens (including phenoxy) is 2. The minimum atomic E-state index is -1.02. The van der Waals surface area contributed by atoms with Crippen molar-refractivity contribution < 1.29 is 28.4 Å². The van der Waals surface area contributed by atoms with Crippen molar-refractivity contribution in [1.82, 2.24) is 0 Å². The van der Waals surface area contributed by atoms with Gasteiger partial charge in [0.05, 0.1) is 12.0 Å². The highest BCUT2D eigenvalue weighted by atomic mass is 32.2. The van der Waals surface area contributed by atoms with Gasteiger partial charge in [-0.1, -0.05) is 0 Å². The van der Waals surface area contributed by atoms with Crippen LogP contribution in [0.15, 0.2) is 41.3 Å². The number of anilines is 1. The first-order valence-corrected chi connectivity index (χ1v) is 8.71. The third kappa shape index (κ3) is 5.17. The van der Waals surface area contributed by atoms with Gasteiger partial charge in [-0.05, 0) is 36.6 Å². The van der Waals surface area contributed by atoms with Crippen LogP contribution < -0.4 is 10.1 Å². The minimum Gasteiger partial charge on any atom is -0.496 e. The van der Waals surface area contributed by atoms with E-state index >= 15 is 0 Å². The zero-order valence-corrected chi connectivity index (χ0v) is 15.2. The van der Waals surface area contributed by atoms with Gasteiger partial charge in [0, 0.05) is 16.6 Å². The monoisotopic (exact) mass is 394 g/mol. The van der Waals surface area contributed by atoms with Gasteiger partial charge in [0.2, 0.25) is 5.82 Å². The van der Waals surface area contributed by atoms with Gasteiger partial charge in [-0.3, -0.25) is 14.9 Å². The molecular weight excluding hydrogens is 379 g/mol. The summed E-state index contributed by atoms with van der Waals surface area (Å²) in [6.07, 6.45) is 1.87. The van der Waals surface area contributed by atoms with Crippen LogP contribution in [0.4, 0.5) is 15.8 Å². The fourth-order valence-electron chi connectivity index (χ4n) is 2.10. The Hall–Kier alpha value is -3.14. The van der Waals surface area contributed by atoms with Crippen molar-refractivity contribution >= 4 is 35.0 Å². The van der Waals surface area contributed by atoms with Crippen LogP contribution in [0.5, 0.6) is 5.75 Å². The molecule has 0 saturated carbocycles. The number of rotatable bonds is 7. The van der Waals surface area contributed by atoms with E-state index in [9.17, 15) is 24.1 Å². The first-order valence-electron chi connectivity index (χ1n) is 7.48. The van der Waals surface area contributed by atoms with Crippen molar-refractivity contribution in [3.8, 4) is 5.75 Å². The zero-order valence-electron chi connectivity index (χ0n) is 14.4. The molecule has 0 spiro atoms. The van der Waals surface area contributed by atoms with E-state index in [0.717, 1.165) is 23.1 Å². The number of carbonyl (C=O) groups is 2. The molecule has 0 unspecified atom stereocenters.